The number of fused-ring (bicyclic) bond motifs is 1. The fourth-order valence-electron chi connectivity index (χ4n) is 2.59. The van der Waals surface area contributed by atoms with Gasteiger partial charge in [0.25, 0.3) is 0 Å². The smallest absolute Gasteiger partial charge is 0.204 e. The fraction of sp³-hybridized carbons (Fsp3) is 0.0588. The molecule has 0 aliphatic carbocycles. The van der Waals surface area contributed by atoms with Crippen LogP contribution in [0, 0.1) is 22.7 Å². The lowest BCUT2D eigenvalue weighted by Gasteiger charge is -2.22. The summed E-state index contributed by atoms with van der Waals surface area (Å²) in [6.07, 6.45) is 1.32. The van der Waals surface area contributed by atoms with Gasteiger partial charge in [0.15, 0.2) is 0 Å². The zero-order valence-corrected chi connectivity index (χ0v) is 11.1. The molecule has 0 aromatic heterocycles. The van der Waals surface area contributed by atoms with Crippen molar-refractivity contribution in [3.8, 4) is 12.1 Å². The maximum absolute atomic E-state index is 9.37. The number of nitrogens with zero attached hydrogens (tertiary/aromatic N) is 2. The number of rotatable bonds is 1. The van der Waals surface area contributed by atoms with Crippen LogP contribution in [0.3, 0.4) is 0 Å². The molecule has 1 aliphatic rings. The Morgan fingerprint density at radius 1 is 1.00 bits per heavy atom. The van der Waals surface area contributed by atoms with Gasteiger partial charge < -0.3 is 10.5 Å². The van der Waals surface area contributed by atoms with Gasteiger partial charge in [-0.2, -0.15) is 10.5 Å². The number of hydrogen-bond donors (Lipinski definition) is 1. The number of nitrogens with two attached hydrogens (primary N) is 1. The average Bonchev–Trinajstić information content (AvgIpc) is 2.54. The van der Waals surface area contributed by atoms with Crippen molar-refractivity contribution >= 4 is 10.8 Å². The minimum absolute atomic E-state index is 0.0504. The molecule has 0 saturated carbocycles. The van der Waals surface area contributed by atoms with Crippen molar-refractivity contribution < 1.29 is 4.74 Å². The summed E-state index contributed by atoms with van der Waals surface area (Å²) in [5, 5.41) is 20.7. The molecule has 1 aliphatic heterocycles. The quantitative estimate of drug-likeness (QED) is 0.865. The van der Waals surface area contributed by atoms with E-state index < -0.39 is 5.92 Å². The Bertz CT molecular complexity index is 860. The normalized spacial score (nSPS) is 17.6. The van der Waals surface area contributed by atoms with Crippen molar-refractivity contribution in [2.45, 2.75) is 5.92 Å². The van der Waals surface area contributed by atoms with Crippen molar-refractivity contribution in [2.24, 2.45) is 5.73 Å². The topological polar surface area (TPSA) is 82.8 Å². The van der Waals surface area contributed by atoms with Crippen LogP contribution in [0.25, 0.3) is 10.8 Å². The van der Waals surface area contributed by atoms with Crippen LogP contribution in [0.2, 0.25) is 0 Å². The lowest BCUT2D eigenvalue weighted by molar-refractivity contribution is 0.326. The van der Waals surface area contributed by atoms with Crippen molar-refractivity contribution in [3.05, 3.63) is 71.3 Å². The van der Waals surface area contributed by atoms with E-state index in [-0.39, 0.29) is 11.5 Å². The maximum atomic E-state index is 9.37. The molecule has 1 heterocycles. The minimum Gasteiger partial charge on any atom is -0.447 e. The van der Waals surface area contributed by atoms with E-state index in [4.69, 9.17) is 10.5 Å². The number of hydrogen-bond acceptors (Lipinski definition) is 4. The Morgan fingerprint density at radius 2 is 1.76 bits per heavy atom. The molecule has 1 unspecified atom stereocenters. The van der Waals surface area contributed by atoms with Gasteiger partial charge in [0.1, 0.15) is 17.9 Å². The van der Waals surface area contributed by atoms with Crippen LogP contribution in [0.4, 0.5) is 0 Å². The molecule has 100 valence electrons. The maximum Gasteiger partial charge on any atom is 0.204 e. The second-order valence-electron chi connectivity index (χ2n) is 4.69. The Kier molecular flexibility index (Phi) is 3.06. The van der Waals surface area contributed by atoms with Gasteiger partial charge in [0.2, 0.25) is 5.88 Å². The lowest BCUT2D eigenvalue weighted by atomic mass is 9.83. The van der Waals surface area contributed by atoms with Crippen LogP contribution in [0.15, 0.2) is 65.8 Å². The summed E-state index contributed by atoms with van der Waals surface area (Å²) in [5.41, 5.74) is 7.28. The Morgan fingerprint density at radius 3 is 2.52 bits per heavy atom. The van der Waals surface area contributed by atoms with Gasteiger partial charge in [-0.05, 0) is 16.3 Å². The molecule has 4 heteroatoms. The Balaban J connectivity index is 2.29. The third kappa shape index (κ3) is 2.00. The lowest BCUT2D eigenvalue weighted by Crippen LogP contribution is -2.17. The number of nitriles is 2. The van der Waals surface area contributed by atoms with E-state index >= 15 is 0 Å². The SMILES string of the molecule is N#CC1=COC(N)=C(C#N)C1c1cccc2ccccc12. The highest BCUT2D eigenvalue weighted by Crippen LogP contribution is 2.38. The summed E-state index contributed by atoms with van der Waals surface area (Å²) in [5.74, 6) is -0.436. The van der Waals surface area contributed by atoms with Crippen molar-refractivity contribution in [1.82, 2.24) is 0 Å². The minimum atomic E-state index is -0.486. The van der Waals surface area contributed by atoms with Gasteiger partial charge in [0, 0.05) is 0 Å². The first-order chi connectivity index (χ1) is 10.3. The van der Waals surface area contributed by atoms with Gasteiger partial charge in [-0.3, -0.25) is 0 Å². The highest BCUT2D eigenvalue weighted by atomic mass is 16.5. The molecule has 2 aromatic carbocycles. The second kappa shape index (κ2) is 5.03. The van der Waals surface area contributed by atoms with Crippen molar-refractivity contribution in [3.63, 3.8) is 0 Å². The molecule has 2 N–H and O–H groups in total. The van der Waals surface area contributed by atoms with E-state index in [1.807, 2.05) is 42.5 Å². The largest absolute Gasteiger partial charge is 0.447 e. The van der Waals surface area contributed by atoms with E-state index in [2.05, 4.69) is 12.1 Å². The van der Waals surface area contributed by atoms with E-state index in [1.54, 1.807) is 0 Å². The number of allylic oxidation sites excluding steroid dienone is 2. The zero-order valence-electron chi connectivity index (χ0n) is 11.1. The summed E-state index contributed by atoms with van der Waals surface area (Å²) in [7, 11) is 0. The van der Waals surface area contributed by atoms with Gasteiger partial charge in [0.05, 0.1) is 17.6 Å². The van der Waals surface area contributed by atoms with Crippen LogP contribution in [0.1, 0.15) is 11.5 Å². The van der Waals surface area contributed by atoms with Crippen LogP contribution >= 0.6 is 0 Å². The fourth-order valence-corrected chi connectivity index (χ4v) is 2.59. The summed E-state index contributed by atoms with van der Waals surface area (Å²) >= 11 is 0. The molecular weight excluding hydrogens is 262 g/mol. The zero-order chi connectivity index (χ0) is 14.8. The van der Waals surface area contributed by atoms with Crippen LogP contribution in [-0.4, -0.2) is 0 Å². The van der Waals surface area contributed by atoms with Crippen LogP contribution < -0.4 is 5.73 Å². The van der Waals surface area contributed by atoms with E-state index in [0.717, 1.165) is 16.3 Å². The summed E-state index contributed by atoms with van der Waals surface area (Å²) in [6, 6.07) is 17.8. The molecule has 1 atom stereocenters. The predicted octanol–water partition coefficient (Wildman–Crippen LogP) is 3.05. The molecule has 0 bridgehead atoms. The third-order valence-electron chi connectivity index (χ3n) is 3.56. The molecule has 4 nitrogen and oxygen atoms in total. The monoisotopic (exact) mass is 273 g/mol. The van der Waals surface area contributed by atoms with Gasteiger partial charge in [-0.1, -0.05) is 42.5 Å². The van der Waals surface area contributed by atoms with Gasteiger partial charge in [-0.25, -0.2) is 0 Å². The molecule has 0 fully saturated rings. The molecule has 2 aromatic rings. The Labute approximate surface area is 122 Å². The summed E-state index contributed by atoms with van der Waals surface area (Å²) in [6.45, 7) is 0. The Hall–Kier alpha value is -3.24. The summed E-state index contributed by atoms with van der Waals surface area (Å²) in [4.78, 5) is 0. The molecule has 3 rings (SSSR count). The van der Waals surface area contributed by atoms with E-state index in [0.29, 0.717) is 5.57 Å². The van der Waals surface area contributed by atoms with Crippen LogP contribution in [-0.2, 0) is 4.74 Å². The first kappa shape index (κ1) is 12.8. The summed E-state index contributed by atoms with van der Waals surface area (Å²) < 4.78 is 5.10. The standard InChI is InChI=1S/C17H11N3O/c18-8-12-10-21-17(20)15(9-19)16(12)14-7-3-5-11-4-1-2-6-13(11)14/h1-7,10,16H,20H2. The van der Waals surface area contributed by atoms with Crippen LogP contribution in [0.5, 0.6) is 0 Å². The molecule has 21 heavy (non-hydrogen) atoms. The van der Waals surface area contributed by atoms with Crippen molar-refractivity contribution in [2.75, 3.05) is 0 Å². The average molecular weight is 273 g/mol. The number of ether oxygens (including phenoxy) is 1. The van der Waals surface area contributed by atoms with Crippen molar-refractivity contribution in [1.29, 1.82) is 10.5 Å². The first-order valence-electron chi connectivity index (χ1n) is 6.40. The number of benzene rings is 2. The van der Waals surface area contributed by atoms with E-state index in [1.165, 1.54) is 6.26 Å². The highest BCUT2D eigenvalue weighted by molar-refractivity contribution is 5.87. The second-order valence-corrected chi connectivity index (χ2v) is 4.69. The van der Waals surface area contributed by atoms with E-state index in [9.17, 15) is 10.5 Å². The predicted molar refractivity (Wildman–Crippen MR) is 78.3 cm³/mol. The molecule has 0 radical (unpaired) electrons. The highest BCUT2D eigenvalue weighted by Gasteiger charge is 2.29. The molecular formula is C17H11N3O. The molecule has 0 amide bonds. The molecule has 0 spiro atoms. The van der Waals surface area contributed by atoms with Gasteiger partial charge in [-0.15, -0.1) is 0 Å². The first-order valence-corrected chi connectivity index (χ1v) is 6.40. The third-order valence-corrected chi connectivity index (χ3v) is 3.56. The van der Waals surface area contributed by atoms with Gasteiger partial charge >= 0.3 is 0 Å². The molecule has 0 saturated heterocycles.